The van der Waals surface area contributed by atoms with Crippen LogP contribution in [-0.2, 0) is 20.9 Å². The lowest BCUT2D eigenvalue weighted by Crippen LogP contribution is -2.56. The number of hydrogen-bond donors (Lipinski definition) is 1. The molecule has 0 spiro atoms. The summed E-state index contributed by atoms with van der Waals surface area (Å²) in [7, 11) is 0. The Kier molecular flexibility index (Phi) is 5.94. The zero-order valence-corrected chi connectivity index (χ0v) is 16.0. The molecule has 1 heterocycles. The van der Waals surface area contributed by atoms with E-state index in [1.807, 2.05) is 6.07 Å². The summed E-state index contributed by atoms with van der Waals surface area (Å²) in [5.41, 5.74) is 1.53. The van der Waals surface area contributed by atoms with Gasteiger partial charge in [-0.1, -0.05) is 35.9 Å². The lowest BCUT2D eigenvalue weighted by atomic mass is 10.1. The molecule has 0 bridgehead atoms. The third-order valence-corrected chi connectivity index (χ3v) is 4.91. The van der Waals surface area contributed by atoms with Gasteiger partial charge in [-0.3, -0.25) is 14.4 Å². The SMILES string of the molecule is Cc1ccc(N2CCN(CC(=O)NCc3ccccc3Cl)C(=O)C2=O)cc1F. The normalized spacial score (nSPS) is 14.4. The Bertz CT molecular complexity index is 935. The predicted molar refractivity (Wildman–Crippen MR) is 103 cm³/mol. The number of aryl methyl sites for hydroxylation is 1. The van der Waals surface area contributed by atoms with Gasteiger partial charge in [0.25, 0.3) is 0 Å². The number of nitrogens with one attached hydrogen (secondary N) is 1. The van der Waals surface area contributed by atoms with Crippen LogP contribution in [0, 0.1) is 12.7 Å². The van der Waals surface area contributed by atoms with Crippen molar-refractivity contribution < 1.29 is 18.8 Å². The second-order valence-electron chi connectivity index (χ2n) is 6.49. The van der Waals surface area contributed by atoms with Crippen molar-refractivity contribution in [2.75, 3.05) is 24.5 Å². The van der Waals surface area contributed by atoms with E-state index in [9.17, 15) is 18.8 Å². The first-order valence-electron chi connectivity index (χ1n) is 8.74. The molecule has 1 aliphatic heterocycles. The minimum Gasteiger partial charge on any atom is -0.350 e. The molecule has 0 aromatic heterocycles. The van der Waals surface area contributed by atoms with E-state index in [0.717, 1.165) is 5.56 Å². The van der Waals surface area contributed by atoms with E-state index >= 15 is 0 Å². The van der Waals surface area contributed by atoms with Crippen molar-refractivity contribution in [3.05, 3.63) is 64.4 Å². The Morgan fingerprint density at radius 1 is 1.14 bits per heavy atom. The van der Waals surface area contributed by atoms with Crippen LogP contribution in [0.4, 0.5) is 10.1 Å². The van der Waals surface area contributed by atoms with Crippen LogP contribution in [0.15, 0.2) is 42.5 Å². The summed E-state index contributed by atoms with van der Waals surface area (Å²) in [5.74, 6) is -2.41. The first-order chi connectivity index (χ1) is 13.4. The summed E-state index contributed by atoms with van der Waals surface area (Å²) < 4.78 is 13.8. The molecule has 0 unspecified atom stereocenters. The molecule has 1 aliphatic rings. The number of hydrogen-bond acceptors (Lipinski definition) is 3. The molecule has 146 valence electrons. The third-order valence-electron chi connectivity index (χ3n) is 4.54. The van der Waals surface area contributed by atoms with Crippen LogP contribution >= 0.6 is 11.6 Å². The number of piperazine rings is 1. The van der Waals surface area contributed by atoms with Gasteiger partial charge in [-0.05, 0) is 36.2 Å². The largest absolute Gasteiger partial charge is 0.350 e. The average molecular weight is 404 g/mol. The fourth-order valence-electron chi connectivity index (χ4n) is 2.89. The molecule has 0 aliphatic carbocycles. The van der Waals surface area contributed by atoms with Crippen molar-refractivity contribution in [3.63, 3.8) is 0 Å². The smallest absolute Gasteiger partial charge is 0.316 e. The molecule has 1 saturated heterocycles. The van der Waals surface area contributed by atoms with Gasteiger partial charge in [-0.15, -0.1) is 0 Å². The Morgan fingerprint density at radius 2 is 1.89 bits per heavy atom. The number of halogens is 2. The molecule has 8 heteroatoms. The maximum Gasteiger partial charge on any atom is 0.316 e. The molecule has 2 aromatic carbocycles. The summed E-state index contributed by atoms with van der Waals surface area (Å²) in [6.07, 6.45) is 0. The van der Waals surface area contributed by atoms with E-state index in [1.165, 1.54) is 15.9 Å². The molecule has 0 radical (unpaired) electrons. The van der Waals surface area contributed by atoms with Crippen LogP contribution in [0.5, 0.6) is 0 Å². The van der Waals surface area contributed by atoms with Gasteiger partial charge in [-0.25, -0.2) is 4.39 Å². The van der Waals surface area contributed by atoms with Gasteiger partial charge in [0.1, 0.15) is 12.4 Å². The minimum atomic E-state index is -0.792. The zero-order chi connectivity index (χ0) is 20.3. The number of carbonyl (C=O) groups excluding carboxylic acids is 3. The van der Waals surface area contributed by atoms with Crippen molar-refractivity contribution in [2.24, 2.45) is 0 Å². The monoisotopic (exact) mass is 403 g/mol. The molecule has 6 nitrogen and oxygen atoms in total. The van der Waals surface area contributed by atoms with E-state index in [2.05, 4.69) is 5.32 Å². The Hall–Kier alpha value is -2.93. The van der Waals surface area contributed by atoms with Gasteiger partial charge in [0, 0.05) is 30.3 Å². The Labute approximate surface area is 166 Å². The highest BCUT2D eigenvalue weighted by Crippen LogP contribution is 2.21. The number of amides is 3. The molecule has 2 aromatic rings. The number of nitrogens with zero attached hydrogens (tertiary/aromatic N) is 2. The van der Waals surface area contributed by atoms with Crippen LogP contribution < -0.4 is 10.2 Å². The molecule has 3 rings (SSSR count). The van der Waals surface area contributed by atoms with Crippen LogP contribution in [0.25, 0.3) is 0 Å². The molecule has 3 amide bonds. The molecular weight excluding hydrogens is 385 g/mol. The van der Waals surface area contributed by atoms with Crippen LogP contribution in [0.2, 0.25) is 5.02 Å². The summed E-state index contributed by atoms with van der Waals surface area (Å²) in [5, 5.41) is 3.22. The highest BCUT2D eigenvalue weighted by molar-refractivity contribution is 6.41. The third kappa shape index (κ3) is 4.31. The molecule has 0 saturated carbocycles. The van der Waals surface area contributed by atoms with E-state index < -0.39 is 23.5 Å². The van der Waals surface area contributed by atoms with E-state index in [1.54, 1.807) is 37.3 Å². The van der Waals surface area contributed by atoms with Gasteiger partial charge in [-0.2, -0.15) is 0 Å². The van der Waals surface area contributed by atoms with Crippen molar-refractivity contribution in [3.8, 4) is 0 Å². The lowest BCUT2D eigenvalue weighted by molar-refractivity contribution is -0.147. The van der Waals surface area contributed by atoms with E-state index in [4.69, 9.17) is 11.6 Å². The van der Waals surface area contributed by atoms with Crippen molar-refractivity contribution in [2.45, 2.75) is 13.5 Å². The van der Waals surface area contributed by atoms with Crippen molar-refractivity contribution in [1.82, 2.24) is 10.2 Å². The van der Waals surface area contributed by atoms with Crippen LogP contribution in [0.1, 0.15) is 11.1 Å². The molecule has 0 atom stereocenters. The maximum absolute atomic E-state index is 13.8. The Morgan fingerprint density at radius 3 is 2.61 bits per heavy atom. The maximum atomic E-state index is 13.8. The molecular formula is C20H19ClFN3O3. The second kappa shape index (κ2) is 8.39. The minimum absolute atomic E-state index is 0.180. The standard InChI is InChI=1S/C20H19ClFN3O3/c1-13-6-7-15(10-17(13)22)25-9-8-24(19(27)20(25)28)12-18(26)23-11-14-4-2-3-5-16(14)21/h2-7,10H,8-9,11-12H2,1H3,(H,23,26). The van der Waals surface area contributed by atoms with Gasteiger partial charge in [0.15, 0.2) is 0 Å². The van der Waals surface area contributed by atoms with Crippen LogP contribution in [-0.4, -0.2) is 42.3 Å². The van der Waals surface area contributed by atoms with Gasteiger partial charge in [0.05, 0.1) is 0 Å². The van der Waals surface area contributed by atoms with Crippen molar-refractivity contribution in [1.29, 1.82) is 0 Å². The predicted octanol–water partition coefficient (Wildman–Crippen LogP) is 2.28. The van der Waals surface area contributed by atoms with Gasteiger partial charge in [0.2, 0.25) is 5.91 Å². The lowest BCUT2D eigenvalue weighted by Gasteiger charge is -2.33. The van der Waals surface area contributed by atoms with E-state index in [-0.39, 0.29) is 26.2 Å². The fraction of sp³-hybridized carbons (Fsp3) is 0.250. The average Bonchev–Trinajstić information content (AvgIpc) is 2.67. The number of rotatable bonds is 5. The zero-order valence-electron chi connectivity index (χ0n) is 15.2. The first-order valence-corrected chi connectivity index (χ1v) is 9.11. The fourth-order valence-corrected chi connectivity index (χ4v) is 3.09. The van der Waals surface area contributed by atoms with Gasteiger partial charge >= 0.3 is 11.8 Å². The second-order valence-corrected chi connectivity index (χ2v) is 6.89. The summed E-state index contributed by atoms with van der Waals surface area (Å²) in [4.78, 5) is 39.3. The molecule has 1 N–H and O–H groups in total. The Balaban J connectivity index is 1.59. The highest BCUT2D eigenvalue weighted by atomic mass is 35.5. The number of benzene rings is 2. The number of carbonyl (C=O) groups is 3. The number of anilines is 1. The van der Waals surface area contributed by atoms with Gasteiger partial charge < -0.3 is 15.1 Å². The summed E-state index contributed by atoms with van der Waals surface area (Å²) in [6.45, 7) is 1.98. The first kappa shape index (κ1) is 19.8. The molecule has 1 fully saturated rings. The quantitative estimate of drug-likeness (QED) is 0.779. The summed E-state index contributed by atoms with van der Waals surface area (Å²) >= 11 is 6.04. The van der Waals surface area contributed by atoms with Crippen LogP contribution in [0.3, 0.4) is 0 Å². The molecule has 28 heavy (non-hydrogen) atoms. The summed E-state index contributed by atoms with van der Waals surface area (Å²) in [6, 6.07) is 11.5. The van der Waals surface area contributed by atoms with Crippen molar-refractivity contribution >= 4 is 35.0 Å². The highest BCUT2D eigenvalue weighted by Gasteiger charge is 2.34. The van der Waals surface area contributed by atoms with E-state index in [0.29, 0.717) is 16.3 Å². The topological polar surface area (TPSA) is 69.7 Å².